The Kier molecular flexibility index (Phi) is 3.88. The van der Waals surface area contributed by atoms with Gasteiger partial charge in [-0.1, -0.05) is 0 Å². The number of H-pyrrole nitrogens is 1. The normalized spacial score (nSPS) is 9.95. The van der Waals surface area contributed by atoms with Gasteiger partial charge in [0.05, 0.1) is 23.0 Å². The van der Waals surface area contributed by atoms with Crippen molar-refractivity contribution in [3.63, 3.8) is 0 Å². The predicted octanol–water partition coefficient (Wildman–Crippen LogP) is 0.0961. The fraction of sp³-hybridized carbons (Fsp3) is 0.0909. The molecule has 0 saturated carbocycles. The number of rotatable bonds is 3. The summed E-state index contributed by atoms with van der Waals surface area (Å²) in [6.45, 7) is 1.72. The fourth-order valence-electron chi connectivity index (χ4n) is 1.37. The molecule has 2 aromatic rings. The molecule has 0 aromatic carbocycles. The third-order valence-corrected chi connectivity index (χ3v) is 2.43. The molecule has 0 atom stereocenters. The molecule has 10 heteroatoms. The summed E-state index contributed by atoms with van der Waals surface area (Å²) in [7, 11) is 0. The first-order chi connectivity index (χ1) is 9.97. The van der Waals surface area contributed by atoms with Gasteiger partial charge in [-0.25, -0.2) is 4.98 Å². The lowest BCUT2D eigenvalue weighted by Gasteiger charge is -2.05. The Morgan fingerprint density at radius 1 is 1.24 bits per heavy atom. The molecule has 0 spiro atoms. The Morgan fingerprint density at radius 2 is 1.95 bits per heavy atom. The van der Waals surface area contributed by atoms with Crippen LogP contribution in [0.3, 0.4) is 0 Å². The van der Waals surface area contributed by atoms with Gasteiger partial charge in [0.15, 0.2) is 0 Å². The van der Waals surface area contributed by atoms with Gasteiger partial charge < -0.3 is 4.98 Å². The molecular formula is C11H10N6O4. The highest BCUT2D eigenvalue weighted by Crippen LogP contribution is 2.11. The average molecular weight is 290 g/mol. The van der Waals surface area contributed by atoms with E-state index < -0.39 is 16.7 Å². The van der Waals surface area contributed by atoms with E-state index in [2.05, 4.69) is 25.8 Å². The first-order valence-electron chi connectivity index (χ1n) is 5.69. The van der Waals surface area contributed by atoms with E-state index in [1.807, 2.05) is 0 Å². The third kappa shape index (κ3) is 3.37. The van der Waals surface area contributed by atoms with Gasteiger partial charge in [-0.05, 0) is 6.92 Å². The summed E-state index contributed by atoms with van der Waals surface area (Å²) in [4.78, 5) is 43.3. The number of aromatic nitrogens is 3. The largest absolute Gasteiger partial charge is 0.351 e. The van der Waals surface area contributed by atoms with Crippen LogP contribution in [-0.2, 0) is 0 Å². The van der Waals surface area contributed by atoms with Crippen LogP contribution in [0.15, 0.2) is 24.7 Å². The molecule has 0 fully saturated rings. The molecule has 0 aliphatic rings. The van der Waals surface area contributed by atoms with Gasteiger partial charge in [0.2, 0.25) is 0 Å². The van der Waals surface area contributed by atoms with Crippen LogP contribution in [0.2, 0.25) is 0 Å². The summed E-state index contributed by atoms with van der Waals surface area (Å²) in [5.41, 5.74) is 4.59. The fourth-order valence-corrected chi connectivity index (χ4v) is 1.37. The number of carbonyl (C=O) groups excluding carboxylic acids is 2. The number of nitrogens with zero attached hydrogens (tertiary/aromatic N) is 3. The molecule has 0 aliphatic heterocycles. The zero-order chi connectivity index (χ0) is 15.4. The molecule has 2 amide bonds. The van der Waals surface area contributed by atoms with Crippen LogP contribution in [0.1, 0.15) is 26.7 Å². The molecule has 0 saturated heterocycles. The van der Waals surface area contributed by atoms with Crippen LogP contribution in [0, 0.1) is 17.0 Å². The average Bonchev–Trinajstić information content (AvgIpc) is 2.95. The zero-order valence-corrected chi connectivity index (χ0v) is 10.8. The Hall–Kier alpha value is -3.30. The van der Waals surface area contributed by atoms with Crippen molar-refractivity contribution in [3.05, 3.63) is 51.9 Å². The van der Waals surface area contributed by atoms with Gasteiger partial charge in [-0.15, -0.1) is 0 Å². The number of hydrazine groups is 1. The van der Waals surface area contributed by atoms with Crippen molar-refractivity contribution >= 4 is 17.5 Å². The van der Waals surface area contributed by atoms with Crippen molar-refractivity contribution in [2.75, 3.05) is 0 Å². The number of aryl methyl sites for hydroxylation is 1. The van der Waals surface area contributed by atoms with Gasteiger partial charge in [-0.2, -0.15) is 0 Å². The minimum atomic E-state index is -0.725. The summed E-state index contributed by atoms with van der Waals surface area (Å²) in [6, 6.07) is 1.05. The van der Waals surface area contributed by atoms with Crippen molar-refractivity contribution in [2.24, 2.45) is 0 Å². The Balaban J connectivity index is 1.95. The van der Waals surface area contributed by atoms with Crippen LogP contribution in [-0.4, -0.2) is 31.7 Å². The minimum absolute atomic E-state index is 0.0263. The second kappa shape index (κ2) is 5.77. The number of hydrogen-bond donors (Lipinski definition) is 3. The Labute approximate surface area is 117 Å². The maximum absolute atomic E-state index is 11.7. The molecule has 2 rings (SSSR count). The molecule has 0 bridgehead atoms. The van der Waals surface area contributed by atoms with E-state index in [-0.39, 0.29) is 17.1 Å². The molecule has 2 heterocycles. The number of carbonyl (C=O) groups is 2. The topological polar surface area (TPSA) is 143 Å². The number of hydrogen-bond acceptors (Lipinski definition) is 6. The van der Waals surface area contributed by atoms with Crippen LogP contribution in [0.25, 0.3) is 0 Å². The van der Waals surface area contributed by atoms with E-state index in [0.29, 0.717) is 5.69 Å². The van der Waals surface area contributed by atoms with Gasteiger partial charge in [0.25, 0.3) is 17.5 Å². The van der Waals surface area contributed by atoms with E-state index in [1.165, 1.54) is 12.4 Å². The van der Waals surface area contributed by atoms with E-state index >= 15 is 0 Å². The number of nitrogens with one attached hydrogen (secondary N) is 3. The summed E-state index contributed by atoms with van der Waals surface area (Å²) in [6.07, 6.45) is 3.74. The van der Waals surface area contributed by atoms with E-state index in [9.17, 15) is 19.7 Å². The monoisotopic (exact) mass is 290 g/mol. The Bertz CT molecular complexity index is 693. The van der Waals surface area contributed by atoms with Crippen LogP contribution in [0.5, 0.6) is 0 Å². The van der Waals surface area contributed by atoms with Crippen LogP contribution < -0.4 is 10.9 Å². The van der Waals surface area contributed by atoms with Crippen molar-refractivity contribution in [3.8, 4) is 0 Å². The molecule has 10 nitrogen and oxygen atoms in total. The highest BCUT2D eigenvalue weighted by Gasteiger charge is 2.15. The van der Waals surface area contributed by atoms with E-state index in [1.54, 1.807) is 6.92 Å². The number of aromatic amines is 1. The standard InChI is InChI=1S/C11H10N6O4/c1-6-3-13-9(5-12-6)11(19)16-15-10(18)8-2-7(4-14-8)17(20)21/h2-5,14H,1H3,(H,15,18)(H,16,19). The summed E-state index contributed by atoms with van der Waals surface area (Å²) < 4.78 is 0. The summed E-state index contributed by atoms with van der Waals surface area (Å²) in [5, 5.41) is 10.5. The molecular weight excluding hydrogens is 280 g/mol. The van der Waals surface area contributed by atoms with Crippen LogP contribution in [0.4, 0.5) is 5.69 Å². The number of amides is 2. The summed E-state index contributed by atoms with van der Waals surface area (Å²) >= 11 is 0. The van der Waals surface area contributed by atoms with Crippen molar-refractivity contribution in [2.45, 2.75) is 6.92 Å². The lowest BCUT2D eigenvalue weighted by Crippen LogP contribution is -2.42. The van der Waals surface area contributed by atoms with Gasteiger partial charge in [-0.3, -0.25) is 35.5 Å². The van der Waals surface area contributed by atoms with Crippen molar-refractivity contribution in [1.82, 2.24) is 25.8 Å². The van der Waals surface area contributed by atoms with Crippen LogP contribution >= 0.6 is 0 Å². The van der Waals surface area contributed by atoms with Crippen molar-refractivity contribution in [1.29, 1.82) is 0 Å². The number of nitro groups is 1. The predicted molar refractivity (Wildman–Crippen MR) is 69.1 cm³/mol. The molecule has 0 unspecified atom stereocenters. The van der Waals surface area contributed by atoms with Gasteiger partial charge >= 0.3 is 0 Å². The highest BCUT2D eigenvalue weighted by atomic mass is 16.6. The maximum Gasteiger partial charge on any atom is 0.289 e. The first-order valence-corrected chi connectivity index (χ1v) is 5.69. The van der Waals surface area contributed by atoms with Gasteiger partial charge in [0, 0.05) is 12.3 Å². The SMILES string of the molecule is Cc1cnc(C(=O)NNC(=O)c2cc([N+](=O)[O-])c[nH]2)cn1. The Morgan fingerprint density at radius 3 is 2.52 bits per heavy atom. The smallest absolute Gasteiger partial charge is 0.289 e. The van der Waals surface area contributed by atoms with E-state index in [4.69, 9.17) is 0 Å². The van der Waals surface area contributed by atoms with E-state index in [0.717, 1.165) is 12.3 Å². The first kappa shape index (κ1) is 14.1. The molecule has 21 heavy (non-hydrogen) atoms. The van der Waals surface area contributed by atoms with Gasteiger partial charge in [0.1, 0.15) is 11.4 Å². The molecule has 0 aliphatic carbocycles. The summed E-state index contributed by atoms with van der Waals surface area (Å²) in [5.74, 6) is -1.38. The minimum Gasteiger partial charge on any atom is -0.351 e. The molecule has 0 radical (unpaired) electrons. The lowest BCUT2D eigenvalue weighted by molar-refractivity contribution is -0.384. The maximum atomic E-state index is 11.7. The molecule has 3 N–H and O–H groups in total. The quantitative estimate of drug-likeness (QED) is 0.540. The molecule has 108 valence electrons. The lowest BCUT2D eigenvalue weighted by atomic mass is 10.4. The second-order valence-electron chi connectivity index (χ2n) is 3.98. The molecule has 2 aromatic heterocycles. The van der Waals surface area contributed by atoms with Crippen molar-refractivity contribution < 1.29 is 14.5 Å². The highest BCUT2D eigenvalue weighted by molar-refractivity contribution is 5.97. The third-order valence-electron chi connectivity index (χ3n) is 2.43. The second-order valence-corrected chi connectivity index (χ2v) is 3.98. The zero-order valence-electron chi connectivity index (χ0n) is 10.8.